The number of nitrogens with one attached hydrogen (secondary N) is 2. The molecule has 0 fully saturated rings. The summed E-state index contributed by atoms with van der Waals surface area (Å²) in [6.07, 6.45) is 1.56. The number of nitrogens with zero attached hydrogens (tertiary/aromatic N) is 1. The summed E-state index contributed by atoms with van der Waals surface area (Å²) in [7, 11) is 0. The number of rotatable bonds is 7. The zero-order chi connectivity index (χ0) is 16.7. The molecular formula is C17H25N3O2S. The van der Waals surface area contributed by atoms with E-state index in [4.69, 9.17) is 4.42 Å². The van der Waals surface area contributed by atoms with E-state index in [2.05, 4.69) is 39.4 Å². The second-order valence-corrected chi connectivity index (χ2v) is 6.56. The van der Waals surface area contributed by atoms with Crippen molar-refractivity contribution in [2.75, 3.05) is 19.6 Å². The van der Waals surface area contributed by atoms with Crippen LogP contribution in [0.2, 0.25) is 0 Å². The van der Waals surface area contributed by atoms with Gasteiger partial charge >= 0.3 is 0 Å². The van der Waals surface area contributed by atoms with Crippen LogP contribution in [0.4, 0.5) is 0 Å². The second-order valence-electron chi connectivity index (χ2n) is 5.78. The number of furan rings is 1. The molecule has 0 spiro atoms. The van der Waals surface area contributed by atoms with Crippen LogP contribution in [0.25, 0.3) is 0 Å². The molecule has 3 N–H and O–H groups in total. The minimum absolute atomic E-state index is 0.225. The van der Waals surface area contributed by atoms with Gasteiger partial charge in [0.1, 0.15) is 11.4 Å². The number of aliphatic imine (C=N–C) groups is 1. The Morgan fingerprint density at radius 3 is 2.87 bits per heavy atom. The number of hydrogen-bond acceptors (Lipinski definition) is 4. The van der Waals surface area contributed by atoms with E-state index < -0.39 is 5.60 Å². The molecule has 0 saturated heterocycles. The highest BCUT2D eigenvalue weighted by Crippen LogP contribution is 2.21. The molecule has 0 aliphatic rings. The molecule has 2 aromatic heterocycles. The molecule has 23 heavy (non-hydrogen) atoms. The van der Waals surface area contributed by atoms with Gasteiger partial charge in [-0.2, -0.15) is 11.3 Å². The zero-order valence-corrected chi connectivity index (χ0v) is 14.7. The molecule has 2 rings (SSSR count). The van der Waals surface area contributed by atoms with Gasteiger partial charge in [0, 0.05) is 13.1 Å². The topological polar surface area (TPSA) is 69.8 Å². The van der Waals surface area contributed by atoms with E-state index in [1.54, 1.807) is 36.7 Å². The molecule has 0 aliphatic heterocycles. The molecule has 0 bridgehead atoms. The van der Waals surface area contributed by atoms with Crippen LogP contribution in [0.15, 0.2) is 44.6 Å². The quantitative estimate of drug-likeness (QED) is 0.537. The predicted octanol–water partition coefficient (Wildman–Crippen LogP) is 2.91. The summed E-state index contributed by atoms with van der Waals surface area (Å²) >= 11 is 1.71. The van der Waals surface area contributed by atoms with Gasteiger partial charge in [0.15, 0.2) is 5.96 Å². The van der Waals surface area contributed by atoms with Crippen LogP contribution in [0, 0.1) is 0 Å². The van der Waals surface area contributed by atoms with Crippen LogP contribution in [0.3, 0.4) is 0 Å². The monoisotopic (exact) mass is 335 g/mol. The summed E-state index contributed by atoms with van der Waals surface area (Å²) in [6, 6.07) is 5.66. The highest BCUT2D eigenvalue weighted by Gasteiger charge is 2.26. The predicted molar refractivity (Wildman–Crippen MR) is 95.0 cm³/mol. The van der Waals surface area contributed by atoms with Crippen molar-refractivity contribution in [2.24, 2.45) is 4.99 Å². The first-order valence-corrected chi connectivity index (χ1v) is 8.78. The normalized spacial score (nSPS) is 15.9. The molecule has 0 amide bonds. The molecule has 2 unspecified atom stereocenters. The van der Waals surface area contributed by atoms with Crippen molar-refractivity contribution in [1.82, 2.24) is 10.6 Å². The van der Waals surface area contributed by atoms with Crippen molar-refractivity contribution >= 4 is 17.3 Å². The molecule has 2 heterocycles. The lowest BCUT2D eigenvalue weighted by atomic mass is 10.0. The third-order valence-electron chi connectivity index (χ3n) is 3.63. The maximum atomic E-state index is 10.5. The van der Waals surface area contributed by atoms with E-state index in [9.17, 15) is 5.11 Å². The lowest BCUT2D eigenvalue weighted by molar-refractivity contribution is 0.0437. The van der Waals surface area contributed by atoms with Gasteiger partial charge in [0.2, 0.25) is 0 Å². The van der Waals surface area contributed by atoms with E-state index in [-0.39, 0.29) is 6.54 Å². The maximum Gasteiger partial charge on any atom is 0.191 e. The van der Waals surface area contributed by atoms with Crippen molar-refractivity contribution in [1.29, 1.82) is 0 Å². The average Bonchev–Trinajstić information content (AvgIpc) is 3.23. The first kappa shape index (κ1) is 17.6. The van der Waals surface area contributed by atoms with Gasteiger partial charge < -0.3 is 20.2 Å². The van der Waals surface area contributed by atoms with Crippen LogP contribution < -0.4 is 10.6 Å². The van der Waals surface area contributed by atoms with E-state index >= 15 is 0 Å². The molecular weight excluding hydrogens is 310 g/mol. The van der Waals surface area contributed by atoms with Crippen molar-refractivity contribution in [3.05, 3.63) is 46.5 Å². The summed E-state index contributed by atoms with van der Waals surface area (Å²) in [5, 5.41) is 21.2. The van der Waals surface area contributed by atoms with Gasteiger partial charge in [-0.15, -0.1) is 0 Å². The number of guanidine groups is 1. The molecule has 126 valence electrons. The molecule has 2 aromatic rings. The Morgan fingerprint density at radius 2 is 2.26 bits per heavy atom. The van der Waals surface area contributed by atoms with Crippen molar-refractivity contribution < 1.29 is 9.52 Å². The molecule has 6 heteroatoms. The average molecular weight is 335 g/mol. The second kappa shape index (κ2) is 8.17. The maximum absolute atomic E-state index is 10.5. The van der Waals surface area contributed by atoms with Crippen LogP contribution in [-0.4, -0.2) is 30.7 Å². The summed E-state index contributed by atoms with van der Waals surface area (Å²) in [4.78, 5) is 4.48. The molecule has 0 aromatic carbocycles. The smallest absolute Gasteiger partial charge is 0.191 e. The molecule has 0 saturated carbocycles. The minimum atomic E-state index is -1.12. The Morgan fingerprint density at radius 1 is 1.43 bits per heavy atom. The van der Waals surface area contributed by atoms with E-state index in [0.29, 0.717) is 17.6 Å². The summed E-state index contributed by atoms with van der Waals surface area (Å²) in [6.45, 7) is 7.67. The van der Waals surface area contributed by atoms with Crippen LogP contribution in [0.5, 0.6) is 0 Å². The van der Waals surface area contributed by atoms with E-state index in [1.165, 1.54) is 5.56 Å². The first-order valence-electron chi connectivity index (χ1n) is 7.83. The number of aliphatic hydroxyl groups is 1. The summed E-state index contributed by atoms with van der Waals surface area (Å²) in [5.74, 6) is 1.61. The van der Waals surface area contributed by atoms with Gasteiger partial charge in [-0.25, -0.2) is 4.99 Å². The van der Waals surface area contributed by atoms with Gasteiger partial charge in [-0.3, -0.25) is 0 Å². The van der Waals surface area contributed by atoms with Gasteiger partial charge in [0.25, 0.3) is 0 Å². The van der Waals surface area contributed by atoms with Crippen molar-refractivity contribution in [2.45, 2.75) is 32.3 Å². The Balaban J connectivity index is 1.94. The lowest BCUT2D eigenvalue weighted by Crippen LogP contribution is -2.40. The zero-order valence-electron chi connectivity index (χ0n) is 13.9. The fraction of sp³-hybridized carbons (Fsp3) is 0.471. The SMILES string of the molecule is CCNC(=NCC(C)(O)c1ccco1)NCC(C)c1ccsc1. The van der Waals surface area contributed by atoms with Crippen LogP contribution in [0.1, 0.15) is 38.0 Å². The van der Waals surface area contributed by atoms with E-state index in [0.717, 1.165) is 13.1 Å². The van der Waals surface area contributed by atoms with Crippen molar-refractivity contribution in [3.63, 3.8) is 0 Å². The van der Waals surface area contributed by atoms with Crippen LogP contribution >= 0.6 is 11.3 Å². The summed E-state index contributed by atoms with van der Waals surface area (Å²) < 4.78 is 5.28. The molecule has 0 aliphatic carbocycles. The third-order valence-corrected chi connectivity index (χ3v) is 4.33. The molecule has 2 atom stereocenters. The fourth-order valence-corrected chi connectivity index (χ4v) is 2.94. The number of thiophene rings is 1. The lowest BCUT2D eigenvalue weighted by Gasteiger charge is -2.20. The number of hydrogen-bond donors (Lipinski definition) is 3. The largest absolute Gasteiger partial charge is 0.466 e. The van der Waals surface area contributed by atoms with Gasteiger partial charge in [-0.05, 0) is 54.3 Å². The van der Waals surface area contributed by atoms with Gasteiger partial charge in [0.05, 0.1) is 12.8 Å². The molecule has 0 radical (unpaired) electrons. The molecule has 5 nitrogen and oxygen atoms in total. The minimum Gasteiger partial charge on any atom is -0.466 e. The van der Waals surface area contributed by atoms with Crippen molar-refractivity contribution in [3.8, 4) is 0 Å². The Labute approximate surface area is 141 Å². The standard InChI is InChI=1S/C17H25N3O2S/c1-4-18-16(19-10-13(2)14-7-9-23-11-14)20-12-17(3,21)15-6-5-8-22-15/h5-9,11,13,21H,4,10,12H2,1-3H3,(H2,18,19,20). The Hall–Kier alpha value is -1.79. The summed E-state index contributed by atoms with van der Waals surface area (Å²) in [5.41, 5.74) is 0.200. The van der Waals surface area contributed by atoms with Crippen LogP contribution in [-0.2, 0) is 5.60 Å². The Bertz CT molecular complexity index is 591. The Kier molecular flexibility index (Phi) is 6.24. The van der Waals surface area contributed by atoms with Gasteiger partial charge in [-0.1, -0.05) is 6.92 Å². The fourth-order valence-electron chi connectivity index (χ4n) is 2.16. The highest BCUT2D eigenvalue weighted by atomic mass is 32.1. The highest BCUT2D eigenvalue weighted by molar-refractivity contribution is 7.07. The van der Waals surface area contributed by atoms with E-state index in [1.807, 2.05) is 6.92 Å². The first-order chi connectivity index (χ1) is 11.0. The third kappa shape index (κ3) is 5.11.